The molecule has 2 rings (SSSR count). The Morgan fingerprint density at radius 2 is 2.11 bits per heavy atom. The van der Waals surface area contributed by atoms with Gasteiger partial charge in [0.2, 0.25) is 0 Å². The SMILES string of the molecule is COc1c(C)cc(Br)c(C)c1C(O)CC1CCC1. The number of halogens is 1. The molecule has 1 aliphatic carbocycles. The molecule has 0 bridgehead atoms. The van der Waals surface area contributed by atoms with Gasteiger partial charge < -0.3 is 9.84 Å². The highest BCUT2D eigenvalue weighted by Crippen LogP contribution is 2.41. The summed E-state index contributed by atoms with van der Waals surface area (Å²) in [4.78, 5) is 0. The standard InChI is InChI=1S/C15H21BrO2/c1-9-7-12(16)10(2)14(15(9)18-3)13(17)8-11-5-4-6-11/h7,11,13,17H,4-6,8H2,1-3H3. The van der Waals surface area contributed by atoms with Crippen LogP contribution in [0, 0.1) is 19.8 Å². The lowest BCUT2D eigenvalue weighted by atomic mass is 9.79. The van der Waals surface area contributed by atoms with E-state index in [-0.39, 0.29) is 0 Å². The number of hydrogen-bond acceptors (Lipinski definition) is 2. The van der Waals surface area contributed by atoms with E-state index >= 15 is 0 Å². The minimum Gasteiger partial charge on any atom is -0.496 e. The molecule has 0 amide bonds. The van der Waals surface area contributed by atoms with Gasteiger partial charge in [0.15, 0.2) is 0 Å². The number of aryl methyl sites for hydroxylation is 1. The van der Waals surface area contributed by atoms with Gasteiger partial charge >= 0.3 is 0 Å². The van der Waals surface area contributed by atoms with E-state index in [4.69, 9.17) is 4.74 Å². The Kier molecular flexibility index (Phi) is 4.33. The van der Waals surface area contributed by atoms with Crippen molar-refractivity contribution in [2.45, 2.75) is 45.6 Å². The normalized spacial score (nSPS) is 17.4. The third-order valence-electron chi connectivity index (χ3n) is 4.03. The van der Waals surface area contributed by atoms with Crippen molar-refractivity contribution in [1.82, 2.24) is 0 Å². The van der Waals surface area contributed by atoms with Crippen molar-refractivity contribution in [2.24, 2.45) is 5.92 Å². The largest absolute Gasteiger partial charge is 0.496 e. The number of rotatable bonds is 4. The first kappa shape index (κ1) is 13.9. The van der Waals surface area contributed by atoms with E-state index in [1.165, 1.54) is 19.3 Å². The highest BCUT2D eigenvalue weighted by atomic mass is 79.9. The summed E-state index contributed by atoms with van der Waals surface area (Å²) in [5, 5.41) is 10.5. The van der Waals surface area contributed by atoms with Gasteiger partial charge in [-0.25, -0.2) is 0 Å². The third-order valence-corrected chi connectivity index (χ3v) is 4.85. The van der Waals surface area contributed by atoms with Crippen molar-refractivity contribution in [1.29, 1.82) is 0 Å². The Morgan fingerprint density at radius 3 is 2.61 bits per heavy atom. The van der Waals surface area contributed by atoms with Gasteiger partial charge in [-0.2, -0.15) is 0 Å². The molecule has 1 aliphatic rings. The van der Waals surface area contributed by atoms with Crippen LogP contribution in [0.25, 0.3) is 0 Å². The van der Waals surface area contributed by atoms with Crippen LogP contribution in [0.2, 0.25) is 0 Å². The minimum atomic E-state index is -0.415. The average Bonchev–Trinajstić information content (AvgIpc) is 2.27. The second kappa shape index (κ2) is 5.62. The molecule has 1 unspecified atom stereocenters. The van der Waals surface area contributed by atoms with Crippen LogP contribution in [-0.2, 0) is 0 Å². The molecule has 1 fully saturated rings. The van der Waals surface area contributed by atoms with Crippen LogP contribution in [0.15, 0.2) is 10.5 Å². The molecule has 0 spiro atoms. The topological polar surface area (TPSA) is 29.5 Å². The highest BCUT2D eigenvalue weighted by molar-refractivity contribution is 9.10. The van der Waals surface area contributed by atoms with Gasteiger partial charge in [-0.15, -0.1) is 0 Å². The molecule has 3 heteroatoms. The van der Waals surface area contributed by atoms with Crippen molar-refractivity contribution in [3.63, 3.8) is 0 Å². The summed E-state index contributed by atoms with van der Waals surface area (Å²) in [7, 11) is 1.68. The minimum absolute atomic E-state index is 0.415. The summed E-state index contributed by atoms with van der Waals surface area (Å²) in [6.07, 6.45) is 4.26. The summed E-state index contributed by atoms with van der Waals surface area (Å²) < 4.78 is 6.53. The van der Waals surface area contributed by atoms with E-state index in [1.807, 2.05) is 19.9 Å². The van der Waals surface area contributed by atoms with E-state index in [9.17, 15) is 5.11 Å². The lowest BCUT2D eigenvalue weighted by molar-refractivity contribution is 0.115. The first-order valence-electron chi connectivity index (χ1n) is 6.56. The summed E-state index contributed by atoms with van der Waals surface area (Å²) in [5.41, 5.74) is 3.11. The maximum absolute atomic E-state index is 10.5. The number of methoxy groups -OCH3 is 1. The smallest absolute Gasteiger partial charge is 0.127 e. The fourth-order valence-corrected chi connectivity index (χ4v) is 3.27. The fourth-order valence-electron chi connectivity index (χ4n) is 2.71. The molecule has 18 heavy (non-hydrogen) atoms. The molecule has 2 nitrogen and oxygen atoms in total. The predicted molar refractivity (Wildman–Crippen MR) is 77.1 cm³/mol. The van der Waals surface area contributed by atoms with Crippen LogP contribution in [-0.4, -0.2) is 12.2 Å². The van der Waals surface area contributed by atoms with Gasteiger partial charge in [-0.1, -0.05) is 35.2 Å². The quantitative estimate of drug-likeness (QED) is 0.898. The van der Waals surface area contributed by atoms with E-state index < -0.39 is 6.10 Å². The van der Waals surface area contributed by atoms with Crippen LogP contribution < -0.4 is 4.74 Å². The van der Waals surface area contributed by atoms with Crippen molar-refractivity contribution < 1.29 is 9.84 Å². The number of ether oxygens (including phenoxy) is 1. The Bertz CT molecular complexity index is 439. The van der Waals surface area contributed by atoms with Crippen molar-refractivity contribution in [3.8, 4) is 5.75 Å². The molecular formula is C15H21BrO2. The zero-order chi connectivity index (χ0) is 13.3. The van der Waals surface area contributed by atoms with Crippen LogP contribution in [0.5, 0.6) is 5.75 Å². The molecule has 0 radical (unpaired) electrons. The summed E-state index contributed by atoms with van der Waals surface area (Å²) >= 11 is 3.56. The van der Waals surface area contributed by atoms with Gasteiger partial charge in [-0.3, -0.25) is 0 Å². The molecule has 1 saturated carbocycles. The van der Waals surface area contributed by atoms with Gasteiger partial charge in [0.1, 0.15) is 5.75 Å². The lowest BCUT2D eigenvalue weighted by Crippen LogP contribution is -2.16. The molecule has 100 valence electrons. The Hall–Kier alpha value is -0.540. The van der Waals surface area contributed by atoms with Gasteiger partial charge in [0.05, 0.1) is 13.2 Å². The zero-order valence-corrected chi connectivity index (χ0v) is 12.9. The Labute approximate surface area is 117 Å². The fraction of sp³-hybridized carbons (Fsp3) is 0.600. The summed E-state index contributed by atoms with van der Waals surface area (Å²) in [6, 6.07) is 2.05. The van der Waals surface area contributed by atoms with Crippen LogP contribution in [0.4, 0.5) is 0 Å². The predicted octanol–water partition coefficient (Wildman–Crippen LogP) is 4.30. The number of benzene rings is 1. The first-order valence-corrected chi connectivity index (χ1v) is 7.35. The summed E-state index contributed by atoms with van der Waals surface area (Å²) in [5.74, 6) is 1.52. The molecule has 0 heterocycles. The molecule has 1 aromatic rings. The average molecular weight is 313 g/mol. The molecule has 0 saturated heterocycles. The van der Waals surface area contributed by atoms with Crippen LogP contribution in [0.1, 0.15) is 48.5 Å². The molecule has 0 aromatic heterocycles. The van der Waals surface area contributed by atoms with Crippen molar-refractivity contribution in [2.75, 3.05) is 7.11 Å². The second-order valence-corrected chi connectivity index (χ2v) is 6.15. The molecule has 0 aliphatic heterocycles. The van der Waals surface area contributed by atoms with Crippen molar-refractivity contribution in [3.05, 3.63) is 27.2 Å². The molecule has 1 aromatic carbocycles. The molecular weight excluding hydrogens is 292 g/mol. The van der Waals surface area contributed by atoms with E-state index in [0.29, 0.717) is 5.92 Å². The number of aliphatic hydroxyl groups excluding tert-OH is 1. The van der Waals surface area contributed by atoms with Gasteiger partial charge in [-0.05, 0) is 43.4 Å². The highest BCUT2D eigenvalue weighted by Gasteiger charge is 2.26. The number of hydrogen-bond donors (Lipinski definition) is 1. The molecule has 1 atom stereocenters. The Morgan fingerprint density at radius 1 is 1.44 bits per heavy atom. The monoisotopic (exact) mass is 312 g/mol. The van der Waals surface area contributed by atoms with Gasteiger partial charge in [0, 0.05) is 10.0 Å². The van der Waals surface area contributed by atoms with Crippen LogP contribution >= 0.6 is 15.9 Å². The first-order chi connectivity index (χ1) is 8.54. The maximum atomic E-state index is 10.5. The lowest BCUT2D eigenvalue weighted by Gasteiger charge is -2.29. The summed E-state index contributed by atoms with van der Waals surface area (Å²) in [6.45, 7) is 4.05. The van der Waals surface area contributed by atoms with E-state index in [2.05, 4.69) is 15.9 Å². The van der Waals surface area contributed by atoms with E-state index in [0.717, 1.165) is 33.3 Å². The zero-order valence-electron chi connectivity index (χ0n) is 11.3. The molecule has 1 N–H and O–H groups in total. The van der Waals surface area contributed by atoms with Gasteiger partial charge in [0.25, 0.3) is 0 Å². The van der Waals surface area contributed by atoms with Crippen molar-refractivity contribution >= 4 is 15.9 Å². The van der Waals surface area contributed by atoms with E-state index in [1.54, 1.807) is 7.11 Å². The maximum Gasteiger partial charge on any atom is 0.127 e. The third kappa shape index (κ3) is 2.57. The second-order valence-electron chi connectivity index (χ2n) is 5.30. The number of aliphatic hydroxyl groups is 1. The Balaban J connectivity index is 2.33. The van der Waals surface area contributed by atoms with Crippen LogP contribution in [0.3, 0.4) is 0 Å².